The van der Waals surface area contributed by atoms with Crippen LogP contribution in [0.1, 0.15) is 35.4 Å². The van der Waals surface area contributed by atoms with Gasteiger partial charge in [-0.2, -0.15) is 18.2 Å². The predicted octanol–water partition coefficient (Wildman–Crippen LogP) is 8.71. The number of pyridine rings is 1. The fourth-order valence-corrected chi connectivity index (χ4v) is 10.1. The molecule has 2 aliphatic carbocycles. The number of hydrogen-bond donors (Lipinski definition) is 3. The van der Waals surface area contributed by atoms with Crippen molar-refractivity contribution in [1.29, 1.82) is 0 Å². The number of carbonyl (C=O) groups excluding carboxylic acids is 4. The van der Waals surface area contributed by atoms with E-state index in [1.54, 1.807) is 72.8 Å². The van der Waals surface area contributed by atoms with Crippen LogP contribution in [0.3, 0.4) is 0 Å². The number of halogens is 5. The van der Waals surface area contributed by atoms with Gasteiger partial charge in [0, 0.05) is 34.1 Å². The second kappa shape index (κ2) is 15.9. The quantitative estimate of drug-likeness (QED) is 0.0928. The number of benzene rings is 4. The zero-order valence-electron chi connectivity index (χ0n) is 32.5. The molecule has 4 amide bonds. The lowest BCUT2D eigenvalue weighted by atomic mass is 9.49. The number of imide groups is 2. The first kappa shape index (κ1) is 41.1. The minimum atomic E-state index is -4.76. The standard InChI is InChI=1S/C46H36Cl2F3N5O6/c47-27-12-10-25(11-13-27)45-35(42(59)56(44(45)61)54-40-36(48)22-26(24-52-40)46(49,50)51)23-34-31(39(45)32-8-4-5-9-37(32)62-21-20-57)18-19-33-38(34)43(60)55(41(33)58)30-16-14-29(15-17-30)53-28-6-2-1-3-7-28/h1-18,22,24,33-35,38-39,53,57H,19-21,23H2,(H,52,54). The van der Waals surface area contributed by atoms with Crippen LogP contribution in [0.25, 0.3) is 0 Å². The van der Waals surface area contributed by atoms with Crippen LogP contribution >= 0.6 is 23.2 Å². The molecule has 0 bridgehead atoms. The van der Waals surface area contributed by atoms with E-state index in [1.807, 2.05) is 36.4 Å². The summed E-state index contributed by atoms with van der Waals surface area (Å²) in [5.74, 6) is -7.09. The lowest BCUT2D eigenvalue weighted by Gasteiger charge is -2.50. The molecule has 316 valence electrons. The lowest BCUT2D eigenvalue weighted by Crippen LogP contribution is -2.53. The van der Waals surface area contributed by atoms with Gasteiger partial charge in [0.2, 0.25) is 11.8 Å². The van der Waals surface area contributed by atoms with Crippen LogP contribution in [0.4, 0.5) is 36.1 Å². The first-order valence-electron chi connectivity index (χ1n) is 19.8. The number of rotatable bonds is 10. The number of ether oxygens (including phenoxy) is 1. The summed E-state index contributed by atoms with van der Waals surface area (Å²) in [6.07, 6.45) is -2.25. The van der Waals surface area contributed by atoms with E-state index >= 15 is 9.59 Å². The number of para-hydroxylation sites is 2. The van der Waals surface area contributed by atoms with Gasteiger partial charge >= 0.3 is 6.18 Å². The number of aliphatic hydroxyl groups excluding tert-OH is 1. The summed E-state index contributed by atoms with van der Waals surface area (Å²) in [5, 5.41) is 13.7. The number of carbonyl (C=O) groups is 4. The minimum Gasteiger partial charge on any atom is -0.491 e. The minimum absolute atomic E-state index is 0.0600. The molecule has 2 saturated heterocycles. The average molecular weight is 883 g/mol. The molecular weight excluding hydrogens is 846 g/mol. The zero-order valence-corrected chi connectivity index (χ0v) is 34.0. The van der Waals surface area contributed by atoms with Crippen LogP contribution in [0, 0.1) is 23.7 Å². The molecular formula is C46H36Cl2F3N5O6. The third-order valence-corrected chi connectivity index (χ3v) is 12.9. The molecule has 11 nitrogen and oxygen atoms in total. The molecule has 3 heterocycles. The second-order valence-electron chi connectivity index (χ2n) is 15.6. The Morgan fingerprint density at radius 3 is 2.23 bits per heavy atom. The highest BCUT2D eigenvalue weighted by Crippen LogP contribution is 2.65. The van der Waals surface area contributed by atoms with Crippen LogP contribution in [0.15, 0.2) is 127 Å². The maximum Gasteiger partial charge on any atom is 0.417 e. The van der Waals surface area contributed by atoms with Crippen molar-refractivity contribution in [3.63, 3.8) is 0 Å². The number of nitrogens with zero attached hydrogens (tertiary/aromatic N) is 3. The van der Waals surface area contributed by atoms with Crippen molar-refractivity contribution in [2.75, 3.05) is 28.9 Å². The van der Waals surface area contributed by atoms with Gasteiger partial charge in [-0.3, -0.25) is 29.5 Å². The molecule has 0 radical (unpaired) electrons. The molecule has 1 saturated carbocycles. The molecule has 6 atom stereocenters. The van der Waals surface area contributed by atoms with E-state index in [2.05, 4.69) is 15.7 Å². The van der Waals surface area contributed by atoms with E-state index in [0.29, 0.717) is 45.4 Å². The number of anilines is 4. The van der Waals surface area contributed by atoms with Gasteiger partial charge in [0.05, 0.1) is 46.0 Å². The Labute approximate surface area is 363 Å². The van der Waals surface area contributed by atoms with Crippen molar-refractivity contribution >= 4 is 69.7 Å². The summed E-state index contributed by atoms with van der Waals surface area (Å²) in [6.45, 7) is -0.431. The van der Waals surface area contributed by atoms with Gasteiger partial charge in [-0.25, -0.2) is 4.98 Å². The number of hydrazine groups is 1. The third kappa shape index (κ3) is 6.77. The van der Waals surface area contributed by atoms with E-state index in [4.69, 9.17) is 27.9 Å². The van der Waals surface area contributed by atoms with Crippen LogP contribution in [-0.2, 0) is 30.8 Å². The van der Waals surface area contributed by atoms with Crippen LogP contribution in [-0.4, -0.2) is 51.9 Å². The molecule has 4 aromatic carbocycles. The predicted molar refractivity (Wildman–Crippen MR) is 225 cm³/mol. The molecule has 16 heteroatoms. The van der Waals surface area contributed by atoms with Gasteiger partial charge in [-0.05, 0) is 85.0 Å². The Morgan fingerprint density at radius 2 is 1.53 bits per heavy atom. The molecule has 6 unspecified atom stereocenters. The van der Waals surface area contributed by atoms with Crippen LogP contribution in [0.5, 0.6) is 5.75 Å². The van der Waals surface area contributed by atoms with Crippen molar-refractivity contribution in [2.24, 2.45) is 23.7 Å². The molecule has 4 aliphatic rings. The summed E-state index contributed by atoms with van der Waals surface area (Å²) >= 11 is 12.7. The Morgan fingerprint density at radius 1 is 0.839 bits per heavy atom. The number of hydrogen-bond acceptors (Lipinski definition) is 9. The third-order valence-electron chi connectivity index (χ3n) is 12.3. The van der Waals surface area contributed by atoms with Gasteiger partial charge < -0.3 is 15.2 Å². The highest BCUT2D eigenvalue weighted by molar-refractivity contribution is 6.33. The van der Waals surface area contributed by atoms with E-state index in [9.17, 15) is 27.9 Å². The van der Waals surface area contributed by atoms with Crippen molar-refractivity contribution < 1.29 is 42.2 Å². The van der Waals surface area contributed by atoms with Crippen LogP contribution < -0.4 is 20.4 Å². The van der Waals surface area contributed by atoms with Gasteiger partial charge in [-0.1, -0.05) is 83.4 Å². The maximum atomic E-state index is 15.5. The number of aliphatic hydroxyl groups is 1. The Bertz CT molecular complexity index is 2630. The summed E-state index contributed by atoms with van der Waals surface area (Å²) in [4.78, 5) is 64.8. The molecule has 9 rings (SSSR count). The SMILES string of the molecule is O=C1C2CC3C(=CCC4C(=O)N(c5ccc(Nc6ccccc6)cc5)C(=O)C43)C(c3ccccc3OCCO)C2(c2ccc(Cl)cc2)C(=O)N1Nc1ncc(C(F)(F)F)cc1Cl. The zero-order chi connectivity index (χ0) is 43.5. The number of nitrogens with one attached hydrogen (secondary N) is 2. The fraction of sp³-hybridized carbons (Fsp3) is 0.239. The second-order valence-corrected chi connectivity index (χ2v) is 16.4. The molecule has 5 aromatic rings. The van der Waals surface area contributed by atoms with Gasteiger partial charge in [-0.15, -0.1) is 0 Å². The number of amides is 4. The maximum absolute atomic E-state index is 15.5. The fourth-order valence-electron chi connectivity index (χ4n) is 9.77. The summed E-state index contributed by atoms with van der Waals surface area (Å²) in [7, 11) is 0. The van der Waals surface area contributed by atoms with Crippen molar-refractivity contribution in [3.05, 3.63) is 154 Å². The number of alkyl halides is 3. The topological polar surface area (TPSA) is 141 Å². The van der Waals surface area contributed by atoms with E-state index in [1.165, 1.54) is 4.90 Å². The number of aromatic nitrogens is 1. The summed E-state index contributed by atoms with van der Waals surface area (Å²) < 4.78 is 46.8. The summed E-state index contributed by atoms with van der Waals surface area (Å²) in [5.41, 5.74) is 3.22. The lowest BCUT2D eigenvalue weighted by molar-refractivity contribution is -0.139. The van der Waals surface area contributed by atoms with Crippen molar-refractivity contribution in [1.82, 2.24) is 9.99 Å². The average Bonchev–Trinajstić information content (AvgIpc) is 3.64. The Balaban J connectivity index is 1.16. The van der Waals surface area contributed by atoms with E-state index in [0.717, 1.165) is 16.4 Å². The monoisotopic (exact) mass is 881 g/mol. The van der Waals surface area contributed by atoms with Gasteiger partial charge in [0.15, 0.2) is 5.82 Å². The first-order chi connectivity index (χ1) is 29.8. The molecule has 62 heavy (non-hydrogen) atoms. The van der Waals surface area contributed by atoms with E-state index < -0.39 is 75.4 Å². The largest absolute Gasteiger partial charge is 0.491 e. The molecule has 3 N–H and O–H groups in total. The highest BCUT2D eigenvalue weighted by Gasteiger charge is 2.70. The number of allylic oxidation sites excluding steroid dienone is 2. The van der Waals surface area contributed by atoms with Crippen molar-refractivity contribution in [3.8, 4) is 5.75 Å². The molecule has 3 fully saturated rings. The molecule has 0 spiro atoms. The summed E-state index contributed by atoms with van der Waals surface area (Å²) in [6, 6.07) is 30.5. The molecule has 2 aliphatic heterocycles. The highest BCUT2D eigenvalue weighted by atomic mass is 35.5. The number of fused-ring (bicyclic) bond motifs is 4. The Hall–Kier alpha value is -6.22. The van der Waals surface area contributed by atoms with Gasteiger partial charge in [0.1, 0.15) is 12.4 Å². The smallest absolute Gasteiger partial charge is 0.417 e. The van der Waals surface area contributed by atoms with Crippen LogP contribution in [0.2, 0.25) is 10.0 Å². The normalized spacial score (nSPS) is 24.4. The Kier molecular flexibility index (Phi) is 10.6. The van der Waals surface area contributed by atoms with Crippen molar-refractivity contribution in [2.45, 2.75) is 30.4 Å². The van der Waals surface area contributed by atoms with E-state index in [-0.39, 0.29) is 31.9 Å². The first-order valence-corrected chi connectivity index (χ1v) is 20.5. The van der Waals surface area contributed by atoms with Gasteiger partial charge in [0.25, 0.3) is 11.8 Å². The molecule has 1 aromatic heterocycles.